The number of benzene rings is 1. The van der Waals surface area contributed by atoms with Gasteiger partial charge in [0.05, 0.1) is 11.4 Å². The van der Waals surface area contributed by atoms with Gasteiger partial charge in [-0.3, -0.25) is 9.20 Å². The summed E-state index contributed by atoms with van der Waals surface area (Å²) in [4.78, 5) is 16.9. The Morgan fingerprint density at radius 1 is 1.26 bits per heavy atom. The topological polar surface area (TPSA) is 46.4 Å². The molecule has 2 heterocycles. The van der Waals surface area contributed by atoms with Gasteiger partial charge >= 0.3 is 0 Å². The fourth-order valence-corrected chi connectivity index (χ4v) is 2.98. The fraction of sp³-hybridized carbons (Fsp3) is 0.125. The molecule has 0 bridgehead atoms. The number of nitrogens with zero attached hydrogens (tertiary/aromatic N) is 2. The van der Waals surface area contributed by atoms with Crippen molar-refractivity contribution in [1.29, 1.82) is 0 Å². The van der Waals surface area contributed by atoms with Gasteiger partial charge in [0.15, 0.2) is 0 Å². The molecule has 3 aromatic rings. The molecule has 118 valence electrons. The molecule has 0 fully saturated rings. The van der Waals surface area contributed by atoms with Crippen molar-refractivity contribution in [3.8, 4) is 0 Å². The number of halogens is 3. The molecule has 1 N–H and O–H groups in total. The predicted octanol–water partition coefficient (Wildman–Crippen LogP) is 4.24. The lowest BCUT2D eigenvalue weighted by atomic mass is 10.2. The zero-order chi connectivity index (χ0) is 16.7. The standard InChI is InChI=1S/C16H12BrF2N3O/c1-8-5-10(17)7-22-14(9(2)20-15(8)22)16(23)21-13-4-3-11(18)6-12(13)19/h3-7H,1-2H3,(H,21,23). The SMILES string of the molecule is Cc1nc2c(C)cc(Br)cn2c1C(=O)Nc1ccc(F)cc1F. The number of aryl methyl sites for hydroxylation is 2. The average molecular weight is 380 g/mol. The molecule has 0 saturated carbocycles. The second-order valence-corrected chi connectivity index (χ2v) is 6.07. The largest absolute Gasteiger partial charge is 0.318 e. The minimum atomic E-state index is -0.831. The number of amides is 1. The lowest BCUT2D eigenvalue weighted by molar-refractivity contribution is 0.102. The molecule has 0 unspecified atom stereocenters. The second-order valence-electron chi connectivity index (χ2n) is 5.16. The first kappa shape index (κ1) is 15.6. The predicted molar refractivity (Wildman–Crippen MR) is 86.7 cm³/mol. The van der Waals surface area contributed by atoms with Crippen molar-refractivity contribution in [2.75, 3.05) is 5.32 Å². The van der Waals surface area contributed by atoms with Gasteiger partial charge in [0.25, 0.3) is 5.91 Å². The van der Waals surface area contributed by atoms with Crippen LogP contribution in [0.1, 0.15) is 21.7 Å². The normalized spacial score (nSPS) is 11.0. The Bertz CT molecular complexity index is 937. The molecule has 2 aromatic heterocycles. The summed E-state index contributed by atoms with van der Waals surface area (Å²) in [5.41, 5.74) is 2.28. The van der Waals surface area contributed by atoms with Gasteiger partial charge in [0, 0.05) is 16.7 Å². The summed E-state index contributed by atoms with van der Waals surface area (Å²) in [5, 5.41) is 2.45. The summed E-state index contributed by atoms with van der Waals surface area (Å²) in [7, 11) is 0. The van der Waals surface area contributed by atoms with Crippen molar-refractivity contribution in [3.05, 3.63) is 63.5 Å². The number of rotatable bonds is 2. The number of hydrogen-bond donors (Lipinski definition) is 1. The maximum atomic E-state index is 13.7. The minimum absolute atomic E-state index is 0.0857. The van der Waals surface area contributed by atoms with Crippen molar-refractivity contribution < 1.29 is 13.6 Å². The highest BCUT2D eigenvalue weighted by molar-refractivity contribution is 9.10. The summed E-state index contributed by atoms with van der Waals surface area (Å²) in [6, 6.07) is 4.88. The van der Waals surface area contributed by atoms with Crippen molar-refractivity contribution in [1.82, 2.24) is 9.38 Å². The van der Waals surface area contributed by atoms with Crippen LogP contribution < -0.4 is 5.32 Å². The minimum Gasteiger partial charge on any atom is -0.318 e. The molecule has 1 amide bonds. The molecule has 0 aliphatic rings. The number of fused-ring (bicyclic) bond motifs is 1. The van der Waals surface area contributed by atoms with E-state index in [1.165, 1.54) is 6.07 Å². The molecule has 3 rings (SSSR count). The first-order valence-electron chi connectivity index (χ1n) is 6.78. The Kier molecular flexibility index (Phi) is 3.89. The molecule has 4 nitrogen and oxygen atoms in total. The second kappa shape index (κ2) is 5.73. The quantitative estimate of drug-likeness (QED) is 0.723. The Hall–Kier alpha value is -2.28. The maximum absolute atomic E-state index is 13.7. The highest BCUT2D eigenvalue weighted by Gasteiger charge is 2.19. The lowest BCUT2D eigenvalue weighted by Gasteiger charge is -2.08. The van der Waals surface area contributed by atoms with E-state index in [9.17, 15) is 13.6 Å². The van der Waals surface area contributed by atoms with E-state index in [1.807, 2.05) is 13.0 Å². The third-order valence-electron chi connectivity index (χ3n) is 3.44. The Balaban J connectivity index is 2.06. The Labute approximate surface area is 139 Å². The van der Waals surface area contributed by atoms with Crippen LogP contribution in [0.15, 0.2) is 34.9 Å². The average Bonchev–Trinajstić information content (AvgIpc) is 2.78. The summed E-state index contributed by atoms with van der Waals surface area (Å²) in [6.07, 6.45) is 1.72. The maximum Gasteiger partial charge on any atom is 0.274 e. The van der Waals surface area contributed by atoms with Crippen LogP contribution in [0, 0.1) is 25.5 Å². The molecule has 0 saturated heterocycles. The van der Waals surface area contributed by atoms with E-state index in [-0.39, 0.29) is 5.69 Å². The number of hydrogen-bond acceptors (Lipinski definition) is 2. The van der Waals surface area contributed by atoms with E-state index < -0.39 is 17.5 Å². The molecule has 7 heteroatoms. The zero-order valence-corrected chi connectivity index (χ0v) is 13.9. The highest BCUT2D eigenvalue weighted by Crippen LogP contribution is 2.22. The first-order valence-corrected chi connectivity index (χ1v) is 7.57. The monoisotopic (exact) mass is 379 g/mol. The number of pyridine rings is 1. The van der Waals surface area contributed by atoms with Crippen LogP contribution in [0.2, 0.25) is 0 Å². The number of nitrogens with one attached hydrogen (secondary N) is 1. The third kappa shape index (κ3) is 2.84. The molecule has 0 atom stereocenters. The zero-order valence-electron chi connectivity index (χ0n) is 12.3. The third-order valence-corrected chi connectivity index (χ3v) is 3.87. The Morgan fingerprint density at radius 2 is 2.00 bits per heavy atom. The number of aromatic nitrogens is 2. The van der Waals surface area contributed by atoms with Crippen molar-refractivity contribution in [2.45, 2.75) is 13.8 Å². The van der Waals surface area contributed by atoms with Gasteiger partial charge in [0.2, 0.25) is 0 Å². The molecular weight excluding hydrogens is 368 g/mol. The van der Waals surface area contributed by atoms with E-state index in [0.29, 0.717) is 17.0 Å². The molecule has 0 spiro atoms. The van der Waals surface area contributed by atoms with Crippen LogP contribution in [-0.4, -0.2) is 15.3 Å². The molecule has 0 aliphatic heterocycles. The smallest absolute Gasteiger partial charge is 0.274 e. The van der Waals surface area contributed by atoms with E-state index in [4.69, 9.17) is 0 Å². The van der Waals surface area contributed by atoms with Crippen LogP contribution in [0.25, 0.3) is 5.65 Å². The molecule has 23 heavy (non-hydrogen) atoms. The van der Waals surface area contributed by atoms with Crippen molar-refractivity contribution in [2.24, 2.45) is 0 Å². The fourth-order valence-electron chi connectivity index (χ4n) is 2.43. The van der Waals surface area contributed by atoms with Gasteiger partial charge in [0.1, 0.15) is 23.0 Å². The molecule has 1 aromatic carbocycles. The van der Waals surface area contributed by atoms with E-state index in [0.717, 1.165) is 22.2 Å². The first-order chi connectivity index (χ1) is 10.9. The van der Waals surface area contributed by atoms with Crippen LogP contribution in [0.3, 0.4) is 0 Å². The molecular formula is C16H12BrF2N3O. The summed E-state index contributed by atoms with van der Waals surface area (Å²) in [5.74, 6) is -2.05. The van der Waals surface area contributed by atoms with Crippen LogP contribution in [0.4, 0.5) is 14.5 Å². The van der Waals surface area contributed by atoms with Crippen molar-refractivity contribution >= 4 is 33.2 Å². The summed E-state index contributed by atoms with van der Waals surface area (Å²) >= 11 is 3.38. The molecule has 0 aliphatic carbocycles. The number of imidazole rings is 1. The van der Waals surface area contributed by atoms with Crippen LogP contribution >= 0.6 is 15.9 Å². The van der Waals surface area contributed by atoms with Gasteiger partial charge in [-0.05, 0) is 53.5 Å². The van der Waals surface area contributed by atoms with Crippen LogP contribution in [0.5, 0.6) is 0 Å². The van der Waals surface area contributed by atoms with E-state index >= 15 is 0 Å². The van der Waals surface area contributed by atoms with Gasteiger partial charge in [-0.25, -0.2) is 13.8 Å². The van der Waals surface area contributed by atoms with Gasteiger partial charge in [-0.15, -0.1) is 0 Å². The van der Waals surface area contributed by atoms with E-state index in [1.54, 1.807) is 17.5 Å². The summed E-state index contributed by atoms with van der Waals surface area (Å²) < 4.78 is 29.1. The number of carbonyl (C=O) groups excluding carboxylic acids is 1. The molecule has 0 radical (unpaired) electrons. The Morgan fingerprint density at radius 3 is 2.70 bits per heavy atom. The van der Waals surface area contributed by atoms with Gasteiger partial charge < -0.3 is 5.32 Å². The van der Waals surface area contributed by atoms with Crippen LogP contribution in [-0.2, 0) is 0 Å². The highest BCUT2D eigenvalue weighted by atomic mass is 79.9. The van der Waals surface area contributed by atoms with Crippen molar-refractivity contribution in [3.63, 3.8) is 0 Å². The number of anilines is 1. The van der Waals surface area contributed by atoms with Gasteiger partial charge in [-0.1, -0.05) is 0 Å². The lowest BCUT2D eigenvalue weighted by Crippen LogP contribution is -2.16. The van der Waals surface area contributed by atoms with E-state index in [2.05, 4.69) is 26.2 Å². The number of carbonyl (C=O) groups is 1. The van der Waals surface area contributed by atoms with Gasteiger partial charge in [-0.2, -0.15) is 0 Å². The summed E-state index contributed by atoms with van der Waals surface area (Å²) in [6.45, 7) is 3.59.